The van der Waals surface area contributed by atoms with Crippen LogP contribution in [0, 0.1) is 17.2 Å². The summed E-state index contributed by atoms with van der Waals surface area (Å²) in [5, 5.41) is 10.4. The van der Waals surface area contributed by atoms with Crippen LogP contribution in [0.3, 0.4) is 0 Å². The Balaban J connectivity index is 2.08. The van der Waals surface area contributed by atoms with Crippen LogP contribution in [0.15, 0.2) is 48.8 Å². The van der Waals surface area contributed by atoms with E-state index in [2.05, 4.69) is 36.0 Å². The van der Waals surface area contributed by atoms with Crippen LogP contribution < -0.4 is 5.73 Å². The summed E-state index contributed by atoms with van der Waals surface area (Å²) in [4.78, 5) is 8.72. The Morgan fingerprint density at radius 3 is 2.50 bits per heavy atom. The first-order valence-electron chi connectivity index (χ1n) is 8.09. The van der Waals surface area contributed by atoms with Crippen molar-refractivity contribution in [2.24, 2.45) is 11.7 Å². The normalized spacial score (nSPS) is 12.3. The molecule has 4 nitrogen and oxygen atoms in total. The topological polar surface area (TPSA) is 75.6 Å². The average molecular weight is 316 g/mol. The number of nitriles is 1. The van der Waals surface area contributed by atoms with Crippen LogP contribution in [-0.4, -0.2) is 9.97 Å². The second-order valence-electron chi connectivity index (χ2n) is 6.41. The van der Waals surface area contributed by atoms with Gasteiger partial charge in [-0.25, -0.2) is 4.98 Å². The first-order chi connectivity index (χ1) is 11.6. The van der Waals surface area contributed by atoms with Gasteiger partial charge in [0.15, 0.2) is 0 Å². The van der Waals surface area contributed by atoms with Crippen molar-refractivity contribution in [2.45, 2.75) is 26.3 Å². The molecule has 120 valence electrons. The molecule has 3 aromatic rings. The van der Waals surface area contributed by atoms with Gasteiger partial charge in [0.25, 0.3) is 0 Å². The van der Waals surface area contributed by atoms with Gasteiger partial charge in [0.2, 0.25) is 0 Å². The summed E-state index contributed by atoms with van der Waals surface area (Å²) >= 11 is 0. The van der Waals surface area contributed by atoms with Gasteiger partial charge in [-0.2, -0.15) is 5.26 Å². The van der Waals surface area contributed by atoms with Gasteiger partial charge in [-0.15, -0.1) is 0 Å². The molecule has 0 fully saturated rings. The maximum absolute atomic E-state index is 9.49. The van der Waals surface area contributed by atoms with E-state index < -0.39 is 0 Å². The maximum atomic E-state index is 9.49. The van der Waals surface area contributed by atoms with Gasteiger partial charge in [0, 0.05) is 23.8 Å². The van der Waals surface area contributed by atoms with Crippen LogP contribution >= 0.6 is 0 Å². The number of hydrogen-bond acceptors (Lipinski definition) is 4. The molecule has 2 aromatic heterocycles. The zero-order chi connectivity index (χ0) is 17.1. The number of aromatic nitrogens is 2. The van der Waals surface area contributed by atoms with Crippen molar-refractivity contribution in [1.29, 1.82) is 5.26 Å². The zero-order valence-electron chi connectivity index (χ0n) is 13.9. The van der Waals surface area contributed by atoms with Crippen molar-refractivity contribution < 1.29 is 0 Å². The third kappa shape index (κ3) is 3.27. The van der Waals surface area contributed by atoms with Crippen molar-refractivity contribution in [3.63, 3.8) is 0 Å². The molecule has 2 N–H and O–H groups in total. The standard InChI is InChI=1S/C20H20N4/c1-13(2)9-18(22)20-17(12-21)11-16-10-15(3-4-19(16)24-20)14-5-7-23-8-6-14/h3-8,10-11,13,18H,9,22H2,1-2H3. The molecule has 0 aliphatic carbocycles. The minimum absolute atomic E-state index is 0.219. The number of benzene rings is 1. The fourth-order valence-electron chi connectivity index (χ4n) is 2.91. The Morgan fingerprint density at radius 1 is 1.08 bits per heavy atom. The van der Waals surface area contributed by atoms with Crippen LogP contribution in [-0.2, 0) is 0 Å². The first-order valence-corrected chi connectivity index (χ1v) is 8.09. The fraction of sp³-hybridized carbons (Fsp3) is 0.250. The quantitative estimate of drug-likeness (QED) is 0.782. The minimum atomic E-state index is -0.219. The van der Waals surface area contributed by atoms with E-state index >= 15 is 0 Å². The molecule has 0 spiro atoms. The number of hydrogen-bond donors (Lipinski definition) is 1. The molecule has 0 aliphatic rings. The molecule has 0 amide bonds. The molecule has 0 aliphatic heterocycles. The number of rotatable bonds is 4. The molecular weight excluding hydrogens is 296 g/mol. The summed E-state index contributed by atoms with van der Waals surface area (Å²) in [6.07, 6.45) is 4.35. The van der Waals surface area contributed by atoms with Crippen LogP contribution in [0.1, 0.15) is 37.6 Å². The van der Waals surface area contributed by atoms with E-state index in [4.69, 9.17) is 5.73 Å². The summed E-state index contributed by atoms with van der Waals surface area (Å²) in [5.74, 6) is 0.457. The highest BCUT2D eigenvalue weighted by molar-refractivity contribution is 5.85. The van der Waals surface area contributed by atoms with Crippen LogP contribution in [0.25, 0.3) is 22.0 Å². The van der Waals surface area contributed by atoms with Crippen LogP contribution in [0.2, 0.25) is 0 Å². The Bertz CT molecular complexity index is 895. The van der Waals surface area contributed by atoms with Crippen molar-refractivity contribution in [1.82, 2.24) is 9.97 Å². The highest BCUT2D eigenvalue weighted by Gasteiger charge is 2.16. The lowest BCUT2D eigenvalue weighted by atomic mass is 9.97. The lowest BCUT2D eigenvalue weighted by Gasteiger charge is -2.16. The van der Waals surface area contributed by atoms with E-state index in [0.717, 1.165) is 28.5 Å². The highest BCUT2D eigenvalue weighted by Crippen LogP contribution is 2.27. The molecular formula is C20H20N4. The monoisotopic (exact) mass is 316 g/mol. The second-order valence-corrected chi connectivity index (χ2v) is 6.41. The predicted molar refractivity (Wildman–Crippen MR) is 96.1 cm³/mol. The van der Waals surface area contributed by atoms with Crippen molar-refractivity contribution in [3.8, 4) is 17.2 Å². The Hall–Kier alpha value is -2.77. The van der Waals surface area contributed by atoms with E-state index in [1.165, 1.54) is 0 Å². The third-order valence-electron chi connectivity index (χ3n) is 4.05. The van der Waals surface area contributed by atoms with E-state index in [0.29, 0.717) is 17.2 Å². The number of nitrogens with zero attached hydrogens (tertiary/aromatic N) is 3. The summed E-state index contributed by atoms with van der Waals surface area (Å²) < 4.78 is 0. The van der Waals surface area contributed by atoms with Crippen molar-refractivity contribution in [2.75, 3.05) is 0 Å². The predicted octanol–water partition coefficient (Wildman–Crippen LogP) is 4.21. The molecule has 3 rings (SSSR count). The molecule has 0 radical (unpaired) electrons. The lowest BCUT2D eigenvalue weighted by Crippen LogP contribution is -2.16. The molecule has 1 unspecified atom stereocenters. The molecule has 1 atom stereocenters. The average Bonchev–Trinajstić information content (AvgIpc) is 2.60. The van der Waals surface area contributed by atoms with Gasteiger partial charge in [-0.1, -0.05) is 19.9 Å². The largest absolute Gasteiger partial charge is 0.323 e. The van der Waals surface area contributed by atoms with E-state index in [1.54, 1.807) is 12.4 Å². The van der Waals surface area contributed by atoms with Gasteiger partial charge in [0.1, 0.15) is 6.07 Å². The second kappa shape index (κ2) is 6.77. The third-order valence-corrected chi connectivity index (χ3v) is 4.05. The zero-order valence-corrected chi connectivity index (χ0v) is 13.9. The number of pyridine rings is 2. The van der Waals surface area contributed by atoms with Crippen molar-refractivity contribution >= 4 is 10.9 Å². The molecule has 0 saturated carbocycles. The fourth-order valence-corrected chi connectivity index (χ4v) is 2.91. The lowest BCUT2D eigenvalue weighted by molar-refractivity contribution is 0.502. The Labute approximate surface area is 142 Å². The summed E-state index contributed by atoms with van der Waals surface area (Å²) in [7, 11) is 0. The molecule has 24 heavy (non-hydrogen) atoms. The molecule has 2 heterocycles. The molecule has 0 saturated heterocycles. The SMILES string of the molecule is CC(C)CC(N)c1nc2ccc(-c3ccncc3)cc2cc1C#N. The molecule has 1 aromatic carbocycles. The smallest absolute Gasteiger partial charge is 0.101 e. The summed E-state index contributed by atoms with van der Waals surface area (Å²) in [6, 6.07) is 13.9. The van der Waals surface area contributed by atoms with Gasteiger partial charge in [0.05, 0.1) is 16.8 Å². The summed E-state index contributed by atoms with van der Waals surface area (Å²) in [5.41, 5.74) is 10.5. The number of nitrogens with two attached hydrogens (primary N) is 1. The highest BCUT2D eigenvalue weighted by atomic mass is 14.8. The first kappa shape index (κ1) is 16.1. The van der Waals surface area contributed by atoms with E-state index in [9.17, 15) is 5.26 Å². The summed E-state index contributed by atoms with van der Waals surface area (Å²) in [6.45, 7) is 4.24. The molecule has 0 bridgehead atoms. The number of fused-ring (bicyclic) bond motifs is 1. The van der Waals surface area contributed by atoms with Gasteiger partial charge in [-0.3, -0.25) is 4.98 Å². The van der Waals surface area contributed by atoms with E-state index in [-0.39, 0.29) is 6.04 Å². The van der Waals surface area contributed by atoms with Gasteiger partial charge >= 0.3 is 0 Å². The minimum Gasteiger partial charge on any atom is -0.323 e. The van der Waals surface area contributed by atoms with Gasteiger partial charge in [-0.05, 0) is 53.8 Å². The van der Waals surface area contributed by atoms with E-state index in [1.807, 2.05) is 30.3 Å². The Morgan fingerprint density at radius 2 is 1.83 bits per heavy atom. The Kier molecular flexibility index (Phi) is 4.54. The van der Waals surface area contributed by atoms with Gasteiger partial charge < -0.3 is 5.73 Å². The van der Waals surface area contributed by atoms with Crippen LogP contribution in [0.5, 0.6) is 0 Å². The van der Waals surface area contributed by atoms with Crippen LogP contribution in [0.4, 0.5) is 0 Å². The van der Waals surface area contributed by atoms with Crippen molar-refractivity contribution in [3.05, 3.63) is 60.0 Å². The molecule has 4 heteroatoms. The maximum Gasteiger partial charge on any atom is 0.101 e.